The SMILES string of the molecule is COc1ccc(NC(=O)N2CCN(c3cc(-n4cccc4)nc(C)n3)CC2)cc1. The molecule has 3 aromatic rings. The van der Waals surface area contributed by atoms with Crippen molar-refractivity contribution in [3.05, 3.63) is 60.7 Å². The van der Waals surface area contributed by atoms with Gasteiger partial charge in [-0.25, -0.2) is 14.8 Å². The summed E-state index contributed by atoms with van der Waals surface area (Å²) in [4.78, 5) is 25.7. The van der Waals surface area contributed by atoms with E-state index < -0.39 is 0 Å². The molecule has 0 bridgehead atoms. The highest BCUT2D eigenvalue weighted by molar-refractivity contribution is 5.89. The summed E-state index contributed by atoms with van der Waals surface area (Å²) in [6.07, 6.45) is 3.93. The van der Waals surface area contributed by atoms with Crippen LogP contribution in [0.4, 0.5) is 16.3 Å². The molecule has 0 atom stereocenters. The maximum absolute atomic E-state index is 12.6. The van der Waals surface area contributed by atoms with E-state index in [1.54, 1.807) is 7.11 Å². The van der Waals surface area contributed by atoms with E-state index in [1.165, 1.54) is 0 Å². The quantitative estimate of drug-likeness (QED) is 0.739. The number of aromatic nitrogens is 3. The van der Waals surface area contributed by atoms with Crippen LogP contribution in [0.25, 0.3) is 5.82 Å². The number of nitrogens with zero attached hydrogens (tertiary/aromatic N) is 5. The topological polar surface area (TPSA) is 75.5 Å². The number of amides is 2. The Labute approximate surface area is 169 Å². The Morgan fingerprint density at radius 2 is 1.66 bits per heavy atom. The van der Waals surface area contributed by atoms with Gasteiger partial charge in [0.25, 0.3) is 0 Å². The van der Waals surface area contributed by atoms with Crippen LogP contribution in [0.1, 0.15) is 5.82 Å². The van der Waals surface area contributed by atoms with Crippen molar-refractivity contribution in [3.8, 4) is 11.6 Å². The molecule has 0 aliphatic carbocycles. The molecule has 1 saturated heterocycles. The highest BCUT2D eigenvalue weighted by Crippen LogP contribution is 2.19. The first-order chi connectivity index (χ1) is 14.1. The second kappa shape index (κ2) is 8.22. The van der Waals surface area contributed by atoms with Gasteiger partial charge in [0.05, 0.1) is 7.11 Å². The van der Waals surface area contributed by atoms with Crippen molar-refractivity contribution in [1.82, 2.24) is 19.4 Å². The smallest absolute Gasteiger partial charge is 0.321 e. The van der Waals surface area contributed by atoms with E-state index in [1.807, 2.05) is 71.2 Å². The monoisotopic (exact) mass is 392 g/mol. The lowest BCUT2D eigenvalue weighted by Gasteiger charge is -2.35. The summed E-state index contributed by atoms with van der Waals surface area (Å²) in [6.45, 7) is 4.60. The molecular formula is C21H24N6O2. The van der Waals surface area contributed by atoms with Gasteiger partial charge in [0, 0.05) is 50.3 Å². The van der Waals surface area contributed by atoms with Crippen molar-refractivity contribution < 1.29 is 9.53 Å². The number of anilines is 2. The van der Waals surface area contributed by atoms with E-state index in [9.17, 15) is 4.79 Å². The van der Waals surface area contributed by atoms with E-state index in [2.05, 4.69) is 20.2 Å². The number of piperazine rings is 1. The Morgan fingerprint density at radius 3 is 2.31 bits per heavy atom. The minimum atomic E-state index is -0.0956. The molecule has 1 aliphatic heterocycles. The first-order valence-electron chi connectivity index (χ1n) is 9.56. The van der Waals surface area contributed by atoms with Crippen LogP contribution >= 0.6 is 0 Å². The summed E-state index contributed by atoms with van der Waals surface area (Å²) in [5.41, 5.74) is 0.751. The van der Waals surface area contributed by atoms with E-state index in [0.29, 0.717) is 13.1 Å². The number of urea groups is 1. The summed E-state index contributed by atoms with van der Waals surface area (Å²) in [6, 6.07) is 13.1. The minimum absolute atomic E-state index is 0.0956. The van der Waals surface area contributed by atoms with Crippen LogP contribution in [0.2, 0.25) is 0 Å². The molecular weight excluding hydrogens is 368 g/mol. The first kappa shape index (κ1) is 18.8. The Kier molecular flexibility index (Phi) is 5.33. The van der Waals surface area contributed by atoms with E-state index in [4.69, 9.17) is 4.74 Å². The Bertz CT molecular complexity index is 963. The second-order valence-corrected chi connectivity index (χ2v) is 6.85. The van der Waals surface area contributed by atoms with Gasteiger partial charge in [-0.1, -0.05) is 0 Å². The number of carbonyl (C=O) groups is 1. The Morgan fingerprint density at radius 1 is 1.00 bits per heavy atom. The molecule has 2 aromatic heterocycles. The van der Waals surface area contributed by atoms with Gasteiger partial charge in [-0.15, -0.1) is 0 Å². The number of aryl methyl sites for hydroxylation is 1. The summed E-state index contributed by atoms with van der Waals surface area (Å²) in [5, 5.41) is 2.94. The average molecular weight is 392 g/mol. The molecule has 1 fully saturated rings. The molecule has 0 saturated carbocycles. The predicted octanol–water partition coefficient (Wildman–Crippen LogP) is 2.94. The van der Waals surface area contributed by atoms with Gasteiger partial charge >= 0.3 is 6.03 Å². The molecule has 1 N–H and O–H groups in total. The van der Waals surface area contributed by atoms with Crippen LogP contribution < -0.4 is 15.0 Å². The van der Waals surface area contributed by atoms with E-state index >= 15 is 0 Å². The summed E-state index contributed by atoms with van der Waals surface area (Å²) < 4.78 is 7.11. The number of carbonyl (C=O) groups excluding carboxylic acids is 1. The largest absolute Gasteiger partial charge is 0.497 e. The molecule has 0 unspecified atom stereocenters. The van der Waals surface area contributed by atoms with Gasteiger partial charge in [0.2, 0.25) is 0 Å². The van der Waals surface area contributed by atoms with Crippen LogP contribution in [0.5, 0.6) is 5.75 Å². The number of nitrogens with one attached hydrogen (secondary N) is 1. The molecule has 1 aliphatic rings. The lowest BCUT2D eigenvalue weighted by atomic mass is 10.3. The number of hydrogen-bond donors (Lipinski definition) is 1. The number of rotatable bonds is 4. The fraction of sp³-hybridized carbons (Fsp3) is 0.286. The van der Waals surface area contributed by atoms with Crippen LogP contribution in [-0.2, 0) is 0 Å². The lowest BCUT2D eigenvalue weighted by molar-refractivity contribution is 0.208. The summed E-state index contributed by atoms with van der Waals surface area (Å²) in [5.74, 6) is 3.22. The van der Waals surface area contributed by atoms with E-state index in [0.717, 1.165) is 42.0 Å². The molecule has 8 heteroatoms. The summed E-state index contributed by atoms with van der Waals surface area (Å²) >= 11 is 0. The van der Waals surface area contributed by atoms with Crippen molar-refractivity contribution >= 4 is 17.5 Å². The molecule has 2 amide bonds. The number of ether oxygens (including phenoxy) is 1. The lowest BCUT2D eigenvalue weighted by Crippen LogP contribution is -2.50. The molecule has 150 valence electrons. The van der Waals surface area contributed by atoms with Crippen molar-refractivity contribution in [2.24, 2.45) is 0 Å². The Hall–Kier alpha value is -3.55. The van der Waals surface area contributed by atoms with Crippen LogP contribution in [-0.4, -0.2) is 58.8 Å². The highest BCUT2D eigenvalue weighted by atomic mass is 16.5. The number of hydrogen-bond acceptors (Lipinski definition) is 5. The van der Waals surface area contributed by atoms with Gasteiger partial charge < -0.3 is 24.4 Å². The van der Waals surface area contributed by atoms with Crippen LogP contribution in [0, 0.1) is 6.92 Å². The van der Waals surface area contributed by atoms with Crippen LogP contribution in [0.3, 0.4) is 0 Å². The zero-order chi connectivity index (χ0) is 20.2. The standard InChI is InChI=1S/C21H24N6O2/c1-16-22-19(25-9-3-4-10-25)15-20(23-16)26-11-13-27(14-12-26)21(28)24-17-5-7-18(29-2)8-6-17/h3-10,15H,11-14H2,1-2H3,(H,24,28). The highest BCUT2D eigenvalue weighted by Gasteiger charge is 2.22. The molecule has 0 radical (unpaired) electrons. The minimum Gasteiger partial charge on any atom is -0.497 e. The molecule has 1 aromatic carbocycles. The first-order valence-corrected chi connectivity index (χ1v) is 9.56. The van der Waals surface area contributed by atoms with Crippen molar-refractivity contribution in [1.29, 1.82) is 0 Å². The third-order valence-electron chi connectivity index (χ3n) is 4.91. The molecule has 4 rings (SSSR count). The zero-order valence-electron chi connectivity index (χ0n) is 16.6. The maximum Gasteiger partial charge on any atom is 0.321 e. The van der Waals surface area contributed by atoms with Gasteiger partial charge in [0.1, 0.15) is 23.2 Å². The Balaban J connectivity index is 1.38. The summed E-state index contributed by atoms with van der Waals surface area (Å²) in [7, 11) is 1.62. The van der Waals surface area contributed by atoms with Gasteiger partial charge in [-0.05, 0) is 43.3 Å². The molecule has 3 heterocycles. The number of benzene rings is 1. The van der Waals surface area contributed by atoms with E-state index in [-0.39, 0.29) is 6.03 Å². The molecule has 8 nitrogen and oxygen atoms in total. The molecule has 29 heavy (non-hydrogen) atoms. The second-order valence-electron chi connectivity index (χ2n) is 6.85. The number of methoxy groups -OCH3 is 1. The van der Waals surface area contributed by atoms with Crippen LogP contribution in [0.15, 0.2) is 54.9 Å². The average Bonchev–Trinajstić information content (AvgIpc) is 3.29. The fourth-order valence-corrected chi connectivity index (χ4v) is 3.33. The van der Waals surface area contributed by atoms with Gasteiger partial charge in [0.15, 0.2) is 0 Å². The third kappa shape index (κ3) is 4.31. The van der Waals surface area contributed by atoms with Gasteiger partial charge in [-0.2, -0.15) is 0 Å². The molecule has 0 spiro atoms. The fourth-order valence-electron chi connectivity index (χ4n) is 3.33. The van der Waals surface area contributed by atoms with Gasteiger partial charge in [-0.3, -0.25) is 0 Å². The van der Waals surface area contributed by atoms with Crippen molar-refractivity contribution in [2.45, 2.75) is 6.92 Å². The maximum atomic E-state index is 12.6. The van der Waals surface area contributed by atoms with Crippen molar-refractivity contribution in [3.63, 3.8) is 0 Å². The normalized spacial score (nSPS) is 14.0. The zero-order valence-corrected chi connectivity index (χ0v) is 16.6. The predicted molar refractivity (Wildman–Crippen MR) is 112 cm³/mol. The van der Waals surface area contributed by atoms with Crippen molar-refractivity contribution in [2.75, 3.05) is 43.5 Å². The third-order valence-corrected chi connectivity index (χ3v) is 4.91.